The molecular weight excluding hydrogens is 293 g/mol. The molecule has 1 aromatic heterocycles. The Morgan fingerprint density at radius 3 is 2.48 bits per heavy atom. The van der Waals surface area contributed by atoms with E-state index in [0.717, 1.165) is 5.69 Å². The highest BCUT2D eigenvalue weighted by atomic mass is 32.2. The van der Waals surface area contributed by atoms with Gasteiger partial charge in [-0.1, -0.05) is 12.1 Å². The highest BCUT2D eigenvalue weighted by molar-refractivity contribution is 7.89. The molecule has 21 heavy (non-hydrogen) atoms. The molecule has 1 aromatic carbocycles. The third-order valence-electron chi connectivity index (χ3n) is 3.30. The van der Waals surface area contributed by atoms with Crippen molar-refractivity contribution >= 4 is 10.0 Å². The molecule has 0 amide bonds. The van der Waals surface area contributed by atoms with Gasteiger partial charge in [0, 0.05) is 31.5 Å². The number of hydrogen-bond donors (Lipinski definition) is 2. The van der Waals surface area contributed by atoms with Crippen molar-refractivity contribution in [2.24, 2.45) is 12.8 Å². The number of aryl methyl sites for hydroxylation is 1. The molecule has 3 N–H and O–H groups in total. The summed E-state index contributed by atoms with van der Waals surface area (Å²) in [6.07, 6.45) is 1.52. The van der Waals surface area contributed by atoms with E-state index in [4.69, 9.17) is 5.73 Å². The maximum absolute atomic E-state index is 12.9. The number of nitrogens with one attached hydrogen (secondary N) is 1. The molecule has 1 atom stereocenters. The molecule has 0 radical (unpaired) electrons. The Morgan fingerprint density at radius 2 is 1.95 bits per heavy atom. The number of benzene rings is 1. The van der Waals surface area contributed by atoms with Gasteiger partial charge in [-0.3, -0.25) is 0 Å². The lowest BCUT2D eigenvalue weighted by atomic mass is 10.1. The number of nitrogens with two attached hydrogens (primary N) is 1. The van der Waals surface area contributed by atoms with Crippen LogP contribution in [0.5, 0.6) is 0 Å². The first-order valence-corrected chi connectivity index (χ1v) is 7.95. The lowest BCUT2D eigenvalue weighted by Crippen LogP contribution is -2.26. The topological polar surface area (TPSA) is 77.1 Å². The fraction of sp³-hybridized carbons (Fsp3) is 0.286. The number of sulfonamides is 1. The number of aromatic nitrogens is 1. The van der Waals surface area contributed by atoms with E-state index in [-0.39, 0.29) is 17.3 Å². The number of halogens is 1. The van der Waals surface area contributed by atoms with Gasteiger partial charge in [0.1, 0.15) is 5.82 Å². The zero-order valence-corrected chi connectivity index (χ0v) is 12.7. The minimum atomic E-state index is -3.65. The predicted molar refractivity (Wildman–Crippen MR) is 78.4 cm³/mol. The Balaban J connectivity index is 2.22. The molecular formula is C14H18FN3O2S. The van der Waals surface area contributed by atoms with Crippen molar-refractivity contribution in [2.75, 3.05) is 0 Å². The van der Waals surface area contributed by atoms with Gasteiger partial charge < -0.3 is 10.3 Å². The van der Waals surface area contributed by atoms with Crippen LogP contribution in [-0.4, -0.2) is 13.0 Å². The first kappa shape index (κ1) is 15.7. The molecule has 1 heterocycles. The summed E-state index contributed by atoms with van der Waals surface area (Å²) in [7, 11) is -1.91. The Bertz CT molecular complexity index is 723. The van der Waals surface area contributed by atoms with Crippen molar-refractivity contribution in [2.45, 2.75) is 24.4 Å². The van der Waals surface area contributed by atoms with Gasteiger partial charge in [-0.05, 0) is 30.7 Å². The second-order valence-corrected chi connectivity index (χ2v) is 6.59. The van der Waals surface area contributed by atoms with E-state index in [0.29, 0.717) is 5.56 Å². The summed E-state index contributed by atoms with van der Waals surface area (Å²) in [4.78, 5) is 0.166. The minimum absolute atomic E-state index is 0.166. The molecule has 0 fully saturated rings. The monoisotopic (exact) mass is 311 g/mol. The van der Waals surface area contributed by atoms with Crippen LogP contribution in [0.25, 0.3) is 0 Å². The van der Waals surface area contributed by atoms with Crippen molar-refractivity contribution in [3.05, 3.63) is 53.6 Å². The normalized spacial score (nSPS) is 13.3. The van der Waals surface area contributed by atoms with E-state index >= 15 is 0 Å². The maximum Gasteiger partial charge on any atom is 0.242 e. The zero-order valence-electron chi connectivity index (χ0n) is 11.9. The molecule has 0 aliphatic rings. The first-order valence-electron chi connectivity index (χ1n) is 6.46. The van der Waals surface area contributed by atoms with Gasteiger partial charge in [0.15, 0.2) is 0 Å². The fourth-order valence-electron chi connectivity index (χ4n) is 2.05. The second kappa shape index (κ2) is 5.97. The highest BCUT2D eigenvalue weighted by Crippen LogP contribution is 2.18. The molecule has 7 heteroatoms. The molecule has 2 rings (SSSR count). The molecule has 5 nitrogen and oxygen atoms in total. The van der Waals surface area contributed by atoms with Crippen molar-refractivity contribution < 1.29 is 12.8 Å². The first-order chi connectivity index (χ1) is 9.83. The van der Waals surface area contributed by atoms with Gasteiger partial charge in [0.05, 0.1) is 4.90 Å². The van der Waals surface area contributed by atoms with E-state index in [1.165, 1.54) is 18.3 Å². The van der Waals surface area contributed by atoms with Crippen LogP contribution in [0.15, 0.2) is 41.4 Å². The van der Waals surface area contributed by atoms with Crippen LogP contribution in [0.3, 0.4) is 0 Å². The Kier molecular flexibility index (Phi) is 4.46. The van der Waals surface area contributed by atoms with Crippen LogP contribution in [0, 0.1) is 5.82 Å². The zero-order chi connectivity index (χ0) is 15.6. The van der Waals surface area contributed by atoms with Crippen molar-refractivity contribution in [3.63, 3.8) is 0 Å². The lowest BCUT2D eigenvalue weighted by molar-refractivity contribution is 0.566. The van der Waals surface area contributed by atoms with Crippen molar-refractivity contribution in [3.8, 4) is 0 Å². The van der Waals surface area contributed by atoms with Gasteiger partial charge in [-0.15, -0.1) is 0 Å². The largest absolute Gasteiger partial charge is 0.352 e. The molecule has 0 bridgehead atoms. The van der Waals surface area contributed by atoms with Crippen molar-refractivity contribution in [1.29, 1.82) is 0 Å². The summed E-state index contributed by atoms with van der Waals surface area (Å²) in [5.74, 6) is -0.357. The molecule has 1 unspecified atom stereocenters. The molecule has 114 valence electrons. The van der Waals surface area contributed by atoms with Gasteiger partial charge in [-0.25, -0.2) is 17.5 Å². The number of hydrogen-bond acceptors (Lipinski definition) is 3. The molecule has 2 aromatic rings. The highest BCUT2D eigenvalue weighted by Gasteiger charge is 2.20. The summed E-state index contributed by atoms with van der Waals surface area (Å²) in [6, 6.07) is 6.79. The van der Waals surface area contributed by atoms with Gasteiger partial charge >= 0.3 is 0 Å². The van der Waals surface area contributed by atoms with Crippen LogP contribution in [-0.2, 0) is 23.6 Å². The quantitative estimate of drug-likeness (QED) is 0.881. The van der Waals surface area contributed by atoms with Crippen LogP contribution in [0.2, 0.25) is 0 Å². The SMILES string of the molecule is CC(NS(=O)(=O)c1cc(CN)n(C)c1)c1ccc(F)cc1. The Hall–Kier alpha value is -1.70. The maximum atomic E-state index is 12.9. The smallest absolute Gasteiger partial charge is 0.242 e. The summed E-state index contributed by atoms with van der Waals surface area (Å²) in [5.41, 5.74) is 6.96. The lowest BCUT2D eigenvalue weighted by Gasteiger charge is -2.13. The van der Waals surface area contributed by atoms with Crippen LogP contribution >= 0.6 is 0 Å². The fourth-order valence-corrected chi connectivity index (χ4v) is 3.37. The average Bonchev–Trinajstić information content (AvgIpc) is 2.81. The Morgan fingerprint density at radius 1 is 1.33 bits per heavy atom. The third kappa shape index (κ3) is 3.49. The van der Waals surface area contributed by atoms with Crippen LogP contribution in [0.1, 0.15) is 24.2 Å². The van der Waals surface area contributed by atoms with Crippen LogP contribution in [0.4, 0.5) is 4.39 Å². The summed E-state index contributed by atoms with van der Waals surface area (Å²) < 4.78 is 41.8. The minimum Gasteiger partial charge on any atom is -0.352 e. The standard InChI is InChI=1S/C14H18FN3O2S/c1-10(11-3-5-12(15)6-4-11)17-21(19,20)14-7-13(8-16)18(2)9-14/h3-7,9-10,17H,8,16H2,1-2H3. The summed E-state index contributed by atoms with van der Waals surface area (Å²) in [6.45, 7) is 1.97. The van der Waals surface area contributed by atoms with Crippen LogP contribution < -0.4 is 10.5 Å². The van der Waals surface area contributed by atoms with Gasteiger partial charge in [0.25, 0.3) is 0 Å². The molecule has 0 aliphatic carbocycles. The predicted octanol–water partition coefficient (Wildman–Crippen LogP) is 1.66. The molecule has 0 aliphatic heterocycles. The molecule has 0 saturated heterocycles. The van der Waals surface area contributed by atoms with Gasteiger partial charge in [-0.2, -0.15) is 0 Å². The van der Waals surface area contributed by atoms with E-state index in [9.17, 15) is 12.8 Å². The van der Waals surface area contributed by atoms with E-state index in [2.05, 4.69) is 4.72 Å². The number of nitrogens with zero attached hydrogens (tertiary/aromatic N) is 1. The van der Waals surface area contributed by atoms with E-state index in [1.807, 2.05) is 0 Å². The summed E-state index contributed by atoms with van der Waals surface area (Å²) >= 11 is 0. The molecule has 0 spiro atoms. The summed E-state index contributed by atoms with van der Waals surface area (Å²) in [5, 5.41) is 0. The second-order valence-electron chi connectivity index (χ2n) is 4.88. The van der Waals surface area contributed by atoms with Crippen molar-refractivity contribution in [1.82, 2.24) is 9.29 Å². The van der Waals surface area contributed by atoms with E-state index in [1.54, 1.807) is 36.7 Å². The number of rotatable bonds is 5. The average molecular weight is 311 g/mol. The van der Waals surface area contributed by atoms with E-state index < -0.39 is 16.1 Å². The third-order valence-corrected chi connectivity index (χ3v) is 4.81. The van der Waals surface area contributed by atoms with Gasteiger partial charge in [0.2, 0.25) is 10.0 Å². The molecule has 0 saturated carbocycles. The Labute approximate surface area is 123 Å².